The second kappa shape index (κ2) is 11.7. The van der Waals surface area contributed by atoms with Gasteiger partial charge in [0.05, 0.1) is 35.0 Å². The third-order valence-corrected chi connectivity index (χ3v) is 8.71. The molecule has 11 nitrogen and oxygen atoms in total. The predicted molar refractivity (Wildman–Crippen MR) is 150 cm³/mol. The number of aromatic amines is 1. The van der Waals surface area contributed by atoms with Gasteiger partial charge in [0.1, 0.15) is 22.9 Å². The number of aromatic nitrogens is 5. The van der Waals surface area contributed by atoms with Crippen LogP contribution in [-0.2, 0) is 27.8 Å². The summed E-state index contributed by atoms with van der Waals surface area (Å²) in [7, 11) is -3.87. The highest BCUT2D eigenvalue weighted by molar-refractivity contribution is 7.89. The second-order valence-electron chi connectivity index (χ2n) is 9.74. The molecule has 5 rings (SSSR count). The van der Waals surface area contributed by atoms with E-state index < -0.39 is 15.6 Å². The highest BCUT2D eigenvalue weighted by Crippen LogP contribution is 2.33. The van der Waals surface area contributed by atoms with Gasteiger partial charge in [-0.3, -0.25) is 19.3 Å². The van der Waals surface area contributed by atoms with E-state index in [0.29, 0.717) is 36.4 Å². The quantitative estimate of drug-likeness (QED) is 0.309. The van der Waals surface area contributed by atoms with Crippen LogP contribution < -0.4 is 10.3 Å². The molecule has 4 heterocycles. The van der Waals surface area contributed by atoms with Gasteiger partial charge >= 0.3 is 0 Å². The highest BCUT2D eigenvalue weighted by Gasteiger charge is 2.30. The standard InChI is InChI=1S/C28H32N6O5S/c1-3-7-23-25-26(32-34(23)18-19-8-5-6-13-29-19)28(36)31-27(30-25)22-17-21(9-10-24(22)39-16-4-2)40(37,38)33-14-11-20(35)12-15-33/h5-6,8-10,13,17H,3-4,7,11-12,14-16,18H2,1-2H3,(H,30,31,36). The zero-order valence-corrected chi connectivity index (χ0v) is 23.4. The lowest BCUT2D eigenvalue weighted by Crippen LogP contribution is -2.38. The summed E-state index contributed by atoms with van der Waals surface area (Å²) in [6.07, 6.45) is 4.29. The number of ketones is 1. The Balaban J connectivity index is 1.62. The fraction of sp³-hybridized carbons (Fsp3) is 0.393. The van der Waals surface area contributed by atoms with Crippen LogP contribution >= 0.6 is 0 Å². The summed E-state index contributed by atoms with van der Waals surface area (Å²) in [5.74, 6) is 0.663. The van der Waals surface area contributed by atoms with E-state index in [2.05, 4.69) is 15.1 Å². The molecule has 40 heavy (non-hydrogen) atoms. The summed E-state index contributed by atoms with van der Waals surface area (Å²) in [5, 5.41) is 4.57. The Kier molecular flexibility index (Phi) is 8.08. The van der Waals surface area contributed by atoms with Crippen LogP contribution in [0.2, 0.25) is 0 Å². The van der Waals surface area contributed by atoms with E-state index in [4.69, 9.17) is 9.72 Å². The molecule has 1 aliphatic rings. The number of nitrogens with zero attached hydrogens (tertiary/aromatic N) is 5. The molecule has 0 amide bonds. The minimum atomic E-state index is -3.87. The fourth-order valence-corrected chi connectivity index (χ4v) is 6.24. The van der Waals surface area contributed by atoms with Crippen LogP contribution in [0, 0.1) is 0 Å². The SMILES string of the molecule is CCCOc1ccc(S(=O)(=O)N2CCC(=O)CC2)cc1-c1nc2c(CCC)n(Cc3ccccn3)nc2c(=O)[nH]1. The van der Waals surface area contributed by atoms with Gasteiger partial charge in [-0.2, -0.15) is 9.40 Å². The Morgan fingerprint density at radius 2 is 1.82 bits per heavy atom. The van der Waals surface area contributed by atoms with Crippen LogP contribution in [0.1, 0.15) is 50.9 Å². The number of carbonyl (C=O) groups excluding carboxylic acids is 1. The maximum atomic E-state index is 13.5. The van der Waals surface area contributed by atoms with Crippen molar-refractivity contribution in [3.8, 4) is 17.1 Å². The number of benzene rings is 1. The van der Waals surface area contributed by atoms with Crippen LogP contribution in [0.15, 0.2) is 52.3 Å². The Hall–Kier alpha value is -3.90. The molecular formula is C28H32N6O5S. The van der Waals surface area contributed by atoms with Crippen molar-refractivity contribution < 1.29 is 17.9 Å². The summed E-state index contributed by atoms with van der Waals surface area (Å²) in [6, 6.07) is 10.2. The van der Waals surface area contributed by atoms with Gasteiger partial charge in [0.2, 0.25) is 10.0 Å². The number of ether oxygens (including phenoxy) is 1. The number of fused-ring (bicyclic) bond motifs is 1. The molecule has 0 unspecified atom stereocenters. The lowest BCUT2D eigenvalue weighted by Gasteiger charge is -2.25. The first kappa shape index (κ1) is 27.7. The molecule has 1 fully saturated rings. The van der Waals surface area contributed by atoms with Gasteiger partial charge in [-0.05, 0) is 43.2 Å². The third-order valence-electron chi connectivity index (χ3n) is 6.81. The molecular weight excluding hydrogens is 532 g/mol. The molecule has 0 bridgehead atoms. The molecule has 1 aromatic carbocycles. The molecule has 3 aromatic heterocycles. The number of aryl methyl sites for hydroxylation is 1. The van der Waals surface area contributed by atoms with Crippen molar-refractivity contribution in [1.82, 2.24) is 29.0 Å². The summed E-state index contributed by atoms with van der Waals surface area (Å²) in [5.41, 5.74) is 2.20. The number of sulfonamides is 1. The number of rotatable bonds is 10. The maximum Gasteiger partial charge on any atom is 0.279 e. The molecule has 0 atom stereocenters. The molecule has 0 aliphatic carbocycles. The van der Waals surface area contributed by atoms with Crippen molar-refractivity contribution in [2.45, 2.75) is 57.4 Å². The number of H-pyrrole nitrogens is 1. The molecule has 1 N–H and O–H groups in total. The lowest BCUT2D eigenvalue weighted by molar-refractivity contribution is -0.120. The highest BCUT2D eigenvalue weighted by atomic mass is 32.2. The van der Waals surface area contributed by atoms with Gasteiger partial charge in [0, 0.05) is 32.1 Å². The van der Waals surface area contributed by atoms with Crippen molar-refractivity contribution in [2.75, 3.05) is 19.7 Å². The Labute approximate surface area is 232 Å². The number of piperidine rings is 1. The molecule has 0 spiro atoms. The number of pyridine rings is 1. The minimum absolute atomic E-state index is 0.0445. The molecule has 1 saturated heterocycles. The monoisotopic (exact) mass is 564 g/mol. The van der Waals surface area contributed by atoms with Crippen LogP contribution in [0.25, 0.3) is 22.4 Å². The van der Waals surface area contributed by atoms with Crippen LogP contribution in [0.5, 0.6) is 5.75 Å². The van der Waals surface area contributed by atoms with E-state index in [9.17, 15) is 18.0 Å². The van der Waals surface area contributed by atoms with Crippen molar-refractivity contribution in [3.63, 3.8) is 0 Å². The first-order valence-corrected chi connectivity index (χ1v) is 14.9. The van der Waals surface area contributed by atoms with E-state index in [0.717, 1.165) is 24.2 Å². The van der Waals surface area contributed by atoms with E-state index in [-0.39, 0.29) is 48.0 Å². The third kappa shape index (κ3) is 5.54. The number of Topliss-reactive ketones (excluding diaryl/α,β-unsaturated/α-hetero) is 1. The predicted octanol–water partition coefficient (Wildman–Crippen LogP) is 3.32. The smallest absolute Gasteiger partial charge is 0.279 e. The van der Waals surface area contributed by atoms with Crippen molar-refractivity contribution in [3.05, 3.63) is 64.3 Å². The molecule has 1 aliphatic heterocycles. The maximum absolute atomic E-state index is 13.5. The molecule has 0 radical (unpaired) electrons. The first-order valence-electron chi connectivity index (χ1n) is 13.5. The van der Waals surface area contributed by atoms with Gasteiger partial charge in [-0.1, -0.05) is 26.3 Å². The number of hydrogen-bond donors (Lipinski definition) is 1. The van der Waals surface area contributed by atoms with Crippen LogP contribution in [0.3, 0.4) is 0 Å². The van der Waals surface area contributed by atoms with Gasteiger partial charge < -0.3 is 9.72 Å². The van der Waals surface area contributed by atoms with Gasteiger partial charge in [-0.25, -0.2) is 13.4 Å². The first-order chi connectivity index (χ1) is 19.3. The molecule has 0 saturated carbocycles. The second-order valence-corrected chi connectivity index (χ2v) is 11.7. The summed E-state index contributed by atoms with van der Waals surface area (Å²) >= 11 is 0. The van der Waals surface area contributed by atoms with E-state index in [1.807, 2.05) is 32.0 Å². The van der Waals surface area contributed by atoms with E-state index in [1.54, 1.807) is 16.9 Å². The van der Waals surface area contributed by atoms with Crippen molar-refractivity contribution >= 4 is 26.8 Å². The van der Waals surface area contributed by atoms with Gasteiger partial charge in [-0.15, -0.1) is 0 Å². The van der Waals surface area contributed by atoms with E-state index >= 15 is 0 Å². The average molecular weight is 565 g/mol. The largest absolute Gasteiger partial charge is 0.493 e. The Bertz CT molecular complexity index is 1690. The molecule has 210 valence electrons. The number of carbonyl (C=O) groups is 1. The Morgan fingerprint density at radius 1 is 1.02 bits per heavy atom. The van der Waals surface area contributed by atoms with Gasteiger partial charge in [0.25, 0.3) is 5.56 Å². The topological polar surface area (TPSA) is 140 Å². The fourth-order valence-electron chi connectivity index (χ4n) is 4.77. The number of hydrogen-bond acceptors (Lipinski definition) is 8. The summed E-state index contributed by atoms with van der Waals surface area (Å²) < 4.78 is 35.9. The van der Waals surface area contributed by atoms with Crippen LogP contribution in [0.4, 0.5) is 0 Å². The van der Waals surface area contributed by atoms with Gasteiger partial charge in [0.15, 0.2) is 5.52 Å². The van der Waals surface area contributed by atoms with Crippen LogP contribution in [-0.4, -0.2) is 62.9 Å². The summed E-state index contributed by atoms with van der Waals surface area (Å²) in [4.78, 5) is 37.0. The van der Waals surface area contributed by atoms with Crippen molar-refractivity contribution in [1.29, 1.82) is 0 Å². The summed E-state index contributed by atoms with van der Waals surface area (Å²) in [6.45, 7) is 5.08. The van der Waals surface area contributed by atoms with E-state index in [1.165, 1.54) is 16.4 Å². The zero-order valence-electron chi connectivity index (χ0n) is 22.6. The molecule has 12 heteroatoms. The number of nitrogens with one attached hydrogen (secondary N) is 1. The minimum Gasteiger partial charge on any atom is -0.493 e. The normalized spacial score (nSPS) is 14.6. The lowest BCUT2D eigenvalue weighted by atomic mass is 10.1. The van der Waals surface area contributed by atoms with Crippen molar-refractivity contribution in [2.24, 2.45) is 0 Å². The zero-order chi connectivity index (χ0) is 28.3. The average Bonchev–Trinajstić information content (AvgIpc) is 3.30. The molecule has 4 aromatic rings. The Morgan fingerprint density at radius 3 is 2.52 bits per heavy atom.